The molecule has 1 aliphatic carbocycles. The van der Waals surface area contributed by atoms with E-state index >= 15 is 0 Å². The van der Waals surface area contributed by atoms with Crippen molar-refractivity contribution in [2.45, 2.75) is 63.6 Å². The van der Waals surface area contributed by atoms with Crippen molar-refractivity contribution in [2.75, 3.05) is 13.6 Å². The number of fused-ring (bicyclic) bond motifs is 1. The molecule has 1 fully saturated rings. The molecule has 5 nitrogen and oxygen atoms in total. The molecule has 0 radical (unpaired) electrons. The summed E-state index contributed by atoms with van der Waals surface area (Å²) in [7, 11) is 2.07. The van der Waals surface area contributed by atoms with Crippen LogP contribution in [0.1, 0.15) is 50.2 Å². The van der Waals surface area contributed by atoms with E-state index in [1.165, 1.54) is 12.8 Å². The molecular weight excluding hydrogens is 240 g/mol. The van der Waals surface area contributed by atoms with Gasteiger partial charge in [-0.2, -0.15) is 0 Å². The van der Waals surface area contributed by atoms with Crippen LogP contribution >= 0.6 is 0 Å². The molecule has 1 aliphatic heterocycles. The van der Waals surface area contributed by atoms with Crippen LogP contribution < -0.4 is 0 Å². The van der Waals surface area contributed by atoms with Gasteiger partial charge in [0.2, 0.25) is 0 Å². The van der Waals surface area contributed by atoms with Crippen LogP contribution in [0, 0.1) is 0 Å². The predicted molar refractivity (Wildman–Crippen MR) is 72.7 cm³/mol. The highest BCUT2D eigenvalue weighted by Gasteiger charge is 2.32. The van der Waals surface area contributed by atoms with Gasteiger partial charge >= 0.3 is 0 Å². The maximum atomic E-state index is 10.4. The Bertz CT molecular complexity index is 437. The van der Waals surface area contributed by atoms with Gasteiger partial charge < -0.3 is 9.67 Å². The zero-order valence-electron chi connectivity index (χ0n) is 11.8. The highest BCUT2D eigenvalue weighted by molar-refractivity contribution is 4.99. The molecule has 106 valence electrons. The van der Waals surface area contributed by atoms with Gasteiger partial charge in [0.15, 0.2) is 0 Å². The Morgan fingerprint density at radius 2 is 2.00 bits per heavy atom. The Morgan fingerprint density at radius 3 is 2.79 bits per heavy atom. The van der Waals surface area contributed by atoms with Crippen LogP contribution in [0.4, 0.5) is 0 Å². The Kier molecular flexibility index (Phi) is 3.58. The molecule has 0 unspecified atom stereocenters. The maximum absolute atomic E-state index is 10.4. The lowest BCUT2D eigenvalue weighted by molar-refractivity contribution is 0.0137. The summed E-state index contributed by atoms with van der Waals surface area (Å²) in [5, 5.41) is 19.1. The molecule has 3 rings (SSSR count). The second-order valence-corrected chi connectivity index (χ2v) is 6.24. The van der Waals surface area contributed by atoms with Gasteiger partial charge in [0, 0.05) is 19.5 Å². The first-order valence-corrected chi connectivity index (χ1v) is 7.48. The van der Waals surface area contributed by atoms with Gasteiger partial charge in [-0.25, -0.2) is 0 Å². The molecule has 0 spiro atoms. The van der Waals surface area contributed by atoms with E-state index in [1.807, 2.05) is 0 Å². The van der Waals surface area contributed by atoms with Crippen molar-refractivity contribution < 1.29 is 5.11 Å². The molecular formula is C14H24N4O. The summed E-state index contributed by atoms with van der Waals surface area (Å²) in [6.45, 7) is 2.58. The van der Waals surface area contributed by atoms with Crippen molar-refractivity contribution >= 4 is 0 Å². The molecule has 0 bridgehead atoms. The second-order valence-electron chi connectivity index (χ2n) is 6.24. The van der Waals surface area contributed by atoms with Gasteiger partial charge in [-0.3, -0.25) is 4.90 Å². The van der Waals surface area contributed by atoms with Crippen molar-refractivity contribution in [1.82, 2.24) is 19.7 Å². The molecule has 2 heterocycles. The Balaban J connectivity index is 1.63. The van der Waals surface area contributed by atoms with Gasteiger partial charge in [-0.15, -0.1) is 10.2 Å². The van der Waals surface area contributed by atoms with Crippen LogP contribution in [0.5, 0.6) is 0 Å². The topological polar surface area (TPSA) is 54.2 Å². The minimum Gasteiger partial charge on any atom is -0.389 e. The smallest absolute Gasteiger partial charge is 0.147 e. The molecule has 0 atom stereocenters. The van der Waals surface area contributed by atoms with E-state index in [0.29, 0.717) is 0 Å². The largest absolute Gasteiger partial charge is 0.389 e. The zero-order valence-corrected chi connectivity index (χ0v) is 11.8. The summed E-state index contributed by atoms with van der Waals surface area (Å²) in [5.74, 6) is 2.19. The summed E-state index contributed by atoms with van der Waals surface area (Å²) < 4.78 is 2.26. The van der Waals surface area contributed by atoms with Gasteiger partial charge in [-0.1, -0.05) is 12.8 Å². The quantitative estimate of drug-likeness (QED) is 0.892. The van der Waals surface area contributed by atoms with E-state index in [0.717, 1.165) is 63.4 Å². The third kappa shape index (κ3) is 2.82. The normalized spacial score (nSPS) is 21.8. The molecule has 1 aromatic rings. The van der Waals surface area contributed by atoms with Crippen LogP contribution in [-0.2, 0) is 19.5 Å². The van der Waals surface area contributed by atoms with Gasteiger partial charge in [0.05, 0.1) is 12.1 Å². The number of rotatable bonds is 4. The van der Waals surface area contributed by atoms with E-state index in [9.17, 15) is 5.11 Å². The summed E-state index contributed by atoms with van der Waals surface area (Å²) in [6.07, 6.45) is 7.71. The van der Waals surface area contributed by atoms with E-state index < -0.39 is 5.60 Å². The average molecular weight is 264 g/mol. The number of aromatic nitrogens is 3. The Hall–Kier alpha value is -0.940. The lowest BCUT2D eigenvalue weighted by Crippen LogP contribution is -2.39. The van der Waals surface area contributed by atoms with E-state index in [-0.39, 0.29) is 0 Å². The molecule has 5 heteroatoms. The standard InChI is InChI=1S/C14H24N4O/c1-17(11-14(19)7-3-4-8-14)10-13-16-15-12-6-2-5-9-18(12)13/h19H,2-11H2,1H3. The fraction of sp³-hybridized carbons (Fsp3) is 0.857. The molecule has 2 aliphatic rings. The Morgan fingerprint density at radius 1 is 1.21 bits per heavy atom. The lowest BCUT2D eigenvalue weighted by atomic mass is 10.0. The number of aryl methyl sites for hydroxylation is 1. The van der Waals surface area contributed by atoms with Crippen LogP contribution in [-0.4, -0.2) is 44.0 Å². The summed E-state index contributed by atoms with van der Waals surface area (Å²) in [4.78, 5) is 2.19. The predicted octanol–water partition coefficient (Wildman–Crippen LogP) is 1.35. The summed E-state index contributed by atoms with van der Waals surface area (Å²) in [5.41, 5.74) is -0.473. The molecule has 1 saturated carbocycles. The van der Waals surface area contributed by atoms with Crippen LogP contribution in [0.25, 0.3) is 0 Å². The Labute approximate surface area is 114 Å². The van der Waals surface area contributed by atoms with Gasteiger partial charge in [0.25, 0.3) is 0 Å². The van der Waals surface area contributed by atoms with Crippen molar-refractivity contribution in [2.24, 2.45) is 0 Å². The number of nitrogens with zero attached hydrogens (tertiary/aromatic N) is 4. The van der Waals surface area contributed by atoms with E-state index in [2.05, 4.69) is 26.7 Å². The van der Waals surface area contributed by atoms with Crippen LogP contribution in [0.2, 0.25) is 0 Å². The molecule has 1 N–H and O–H groups in total. The van der Waals surface area contributed by atoms with E-state index in [4.69, 9.17) is 0 Å². The molecule has 0 amide bonds. The first-order valence-electron chi connectivity index (χ1n) is 7.48. The van der Waals surface area contributed by atoms with Crippen molar-refractivity contribution in [3.05, 3.63) is 11.6 Å². The third-order valence-electron chi connectivity index (χ3n) is 4.45. The van der Waals surface area contributed by atoms with Gasteiger partial charge in [0.1, 0.15) is 11.6 Å². The second kappa shape index (κ2) is 5.21. The minimum absolute atomic E-state index is 0.473. The summed E-state index contributed by atoms with van der Waals surface area (Å²) in [6, 6.07) is 0. The number of aliphatic hydroxyl groups is 1. The number of likely N-dealkylation sites (N-methyl/N-ethyl adjacent to an activating group) is 1. The summed E-state index contributed by atoms with van der Waals surface area (Å²) >= 11 is 0. The fourth-order valence-electron chi connectivity index (χ4n) is 3.48. The zero-order chi connectivity index (χ0) is 13.3. The highest BCUT2D eigenvalue weighted by Crippen LogP contribution is 2.30. The van der Waals surface area contributed by atoms with Crippen molar-refractivity contribution in [1.29, 1.82) is 0 Å². The average Bonchev–Trinajstić information content (AvgIpc) is 2.97. The first-order chi connectivity index (χ1) is 9.16. The van der Waals surface area contributed by atoms with Crippen LogP contribution in [0.3, 0.4) is 0 Å². The maximum Gasteiger partial charge on any atom is 0.147 e. The third-order valence-corrected chi connectivity index (χ3v) is 4.45. The van der Waals surface area contributed by atoms with Crippen LogP contribution in [0.15, 0.2) is 0 Å². The minimum atomic E-state index is -0.473. The van der Waals surface area contributed by atoms with Gasteiger partial charge in [-0.05, 0) is 32.7 Å². The highest BCUT2D eigenvalue weighted by atomic mass is 16.3. The molecule has 0 aromatic carbocycles. The monoisotopic (exact) mass is 264 g/mol. The fourth-order valence-corrected chi connectivity index (χ4v) is 3.48. The van der Waals surface area contributed by atoms with Crippen molar-refractivity contribution in [3.63, 3.8) is 0 Å². The number of hydrogen-bond donors (Lipinski definition) is 1. The molecule has 1 aromatic heterocycles. The molecule has 0 saturated heterocycles. The lowest BCUT2D eigenvalue weighted by Gasteiger charge is -2.28. The SMILES string of the molecule is CN(Cc1nnc2n1CCCC2)CC1(O)CCCC1. The van der Waals surface area contributed by atoms with E-state index in [1.54, 1.807) is 0 Å². The molecule has 19 heavy (non-hydrogen) atoms. The first kappa shape index (κ1) is 13.1. The number of hydrogen-bond acceptors (Lipinski definition) is 4. The van der Waals surface area contributed by atoms with Crippen molar-refractivity contribution in [3.8, 4) is 0 Å².